The number of nitrogens with two attached hydrogens (primary N) is 1. The summed E-state index contributed by atoms with van der Waals surface area (Å²) >= 11 is 1.76. The van der Waals surface area contributed by atoms with Gasteiger partial charge in [0, 0.05) is 22.8 Å². The standard InChI is InChI=1S/C13H20N6S/c1-4-19(5-2)13-17-11(14)16-12(18-13)15-8-10-7-6-9(3)20-10/h6-7H,4-5,8H2,1-3H3,(H3,14,15,16,17,18). The molecule has 0 bridgehead atoms. The molecule has 0 aliphatic carbocycles. The van der Waals surface area contributed by atoms with Gasteiger partial charge < -0.3 is 16.0 Å². The van der Waals surface area contributed by atoms with E-state index in [4.69, 9.17) is 5.73 Å². The molecule has 3 N–H and O–H groups in total. The Morgan fingerprint density at radius 1 is 1.20 bits per heavy atom. The summed E-state index contributed by atoms with van der Waals surface area (Å²) in [6.07, 6.45) is 0. The Balaban J connectivity index is 2.11. The van der Waals surface area contributed by atoms with E-state index in [2.05, 4.69) is 53.2 Å². The molecule has 0 spiro atoms. The summed E-state index contributed by atoms with van der Waals surface area (Å²) in [7, 11) is 0. The summed E-state index contributed by atoms with van der Waals surface area (Å²) in [4.78, 5) is 17.3. The Kier molecular flexibility index (Phi) is 4.73. The van der Waals surface area contributed by atoms with Crippen LogP contribution in [0.5, 0.6) is 0 Å². The van der Waals surface area contributed by atoms with Crippen molar-refractivity contribution in [3.05, 3.63) is 21.9 Å². The highest BCUT2D eigenvalue weighted by Gasteiger charge is 2.09. The van der Waals surface area contributed by atoms with Gasteiger partial charge >= 0.3 is 0 Å². The van der Waals surface area contributed by atoms with Gasteiger partial charge in [-0.3, -0.25) is 0 Å². The fraction of sp³-hybridized carbons (Fsp3) is 0.462. The molecule has 0 atom stereocenters. The number of aromatic nitrogens is 3. The summed E-state index contributed by atoms with van der Waals surface area (Å²) in [5, 5.41) is 3.20. The lowest BCUT2D eigenvalue weighted by molar-refractivity contribution is 0.814. The quantitative estimate of drug-likeness (QED) is 0.850. The van der Waals surface area contributed by atoms with Crippen molar-refractivity contribution in [1.82, 2.24) is 15.0 Å². The topological polar surface area (TPSA) is 80.0 Å². The number of rotatable bonds is 6. The summed E-state index contributed by atoms with van der Waals surface area (Å²) in [6, 6.07) is 4.20. The highest BCUT2D eigenvalue weighted by molar-refractivity contribution is 7.11. The number of anilines is 3. The van der Waals surface area contributed by atoms with Crippen LogP contribution in [0.3, 0.4) is 0 Å². The molecule has 6 nitrogen and oxygen atoms in total. The molecule has 2 aromatic heterocycles. The first-order valence-electron chi connectivity index (χ1n) is 6.68. The van der Waals surface area contributed by atoms with Crippen LogP contribution in [-0.4, -0.2) is 28.0 Å². The van der Waals surface area contributed by atoms with E-state index in [-0.39, 0.29) is 5.95 Å². The normalized spacial score (nSPS) is 10.6. The van der Waals surface area contributed by atoms with Crippen molar-refractivity contribution in [2.45, 2.75) is 27.3 Å². The van der Waals surface area contributed by atoms with E-state index in [1.807, 2.05) is 4.90 Å². The molecule has 7 heteroatoms. The van der Waals surface area contributed by atoms with E-state index in [1.165, 1.54) is 9.75 Å². The van der Waals surface area contributed by atoms with E-state index in [9.17, 15) is 0 Å². The van der Waals surface area contributed by atoms with Gasteiger partial charge in [-0.1, -0.05) is 0 Å². The zero-order chi connectivity index (χ0) is 14.5. The van der Waals surface area contributed by atoms with E-state index in [1.54, 1.807) is 11.3 Å². The highest BCUT2D eigenvalue weighted by atomic mass is 32.1. The number of thiophene rings is 1. The Morgan fingerprint density at radius 2 is 1.95 bits per heavy atom. The number of nitrogen functional groups attached to an aromatic ring is 1. The fourth-order valence-corrected chi connectivity index (χ4v) is 2.68. The van der Waals surface area contributed by atoms with E-state index >= 15 is 0 Å². The Hall–Kier alpha value is -1.89. The van der Waals surface area contributed by atoms with Crippen LogP contribution in [0.2, 0.25) is 0 Å². The molecule has 2 heterocycles. The lowest BCUT2D eigenvalue weighted by Crippen LogP contribution is -2.25. The van der Waals surface area contributed by atoms with Crippen molar-refractivity contribution in [1.29, 1.82) is 0 Å². The predicted octanol–water partition coefficient (Wildman–Crippen LogP) is 2.28. The molecule has 0 amide bonds. The Morgan fingerprint density at radius 3 is 2.55 bits per heavy atom. The number of nitrogens with one attached hydrogen (secondary N) is 1. The minimum atomic E-state index is 0.242. The van der Waals surface area contributed by atoms with Gasteiger partial charge in [0.25, 0.3) is 0 Å². The van der Waals surface area contributed by atoms with Gasteiger partial charge in [0.05, 0.1) is 6.54 Å². The maximum Gasteiger partial charge on any atom is 0.231 e. The molecular weight excluding hydrogens is 272 g/mol. The number of aryl methyl sites for hydroxylation is 1. The summed E-state index contributed by atoms with van der Waals surface area (Å²) in [5.74, 6) is 1.38. The van der Waals surface area contributed by atoms with E-state index in [0.29, 0.717) is 18.4 Å². The fourth-order valence-electron chi connectivity index (χ4n) is 1.85. The van der Waals surface area contributed by atoms with Crippen LogP contribution in [-0.2, 0) is 6.54 Å². The number of hydrogen-bond acceptors (Lipinski definition) is 7. The largest absolute Gasteiger partial charge is 0.368 e. The average Bonchev–Trinajstić information content (AvgIpc) is 2.83. The van der Waals surface area contributed by atoms with Crippen LogP contribution in [0.1, 0.15) is 23.6 Å². The van der Waals surface area contributed by atoms with Crippen LogP contribution in [0, 0.1) is 6.92 Å². The van der Waals surface area contributed by atoms with E-state index in [0.717, 1.165) is 13.1 Å². The van der Waals surface area contributed by atoms with Crippen molar-refractivity contribution >= 4 is 29.2 Å². The second kappa shape index (κ2) is 6.51. The molecule has 0 radical (unpaired) electrons. The molecule has 0 fully saturated rings. The number of nitrogens with zero attached hydrogens (tertiary/aromatic N) is 4. The van der Waals surface area contributed by atoms with Crippen LogP contribution in [0.4, 0.5) is 17.8 Å². The first kappa shape index (κ1) is 14.5. The monoisotopic (exact) mass is 292 g/mol. The van der Waals surface area contributed by atoms with Crippen LogP contribution in [0.25, 0.3) is 0 Å². The van der Waals surface area contributed by atoms with Crippen LogP contribution < -0.4 is 16.0 Å². The smallest absolute Gasteiger partial charge is 0.231 e. The van der Waals surface area contributed by atoms with Crippen LogP contribution in [0.15, 0.2) is 12.1 Å². The first-order chi connectivity index (χ1) is 9.62. The van der Waals surface area contributed by atoms with Gasteiger partial charge in [0.2, 0.25) is 17.8 Å². The molecule has 0 aromatic carbocycles. The minimum Gasteiger partial charge on any atom is -0.368 e. The molecule has 2 rings (SSSR count). The molecule has 0 aliphatic heterocycles. The molecule has 0 saturated heterocycles. The van der Waals surface area contributed by atoms with Gasteiger partial charge in [-0.15, -0.1) is 11.3 Å². The average molecular weight is 292 g/mol. The minimum absolute atomic E-state index is 0.242. The second-order valence-electron chi connectivity index (χ2n) is 4.36. The SMILES string of the molecule is CCN(CC)c1nc(N)nc(NCc2ccc(C)s2)n1. The highest BCUT2D eigenvalue weighted by Crippen LogP contribution is 2.17. The lowest BCUT2D eigenvalue weighted by atomic mass is 10.4. The summed E-state index contributed by atoms with van der Waals surface area (Å²) < 4.78 is 0. The molecule has 0 saturated carbocycles. The predicted molar refractivity (Wildman–Crippen MR) is 84.2 cm³/mol. The van der Waals surface area contributed by atoms with E-state index < -0.39 is 0 Å². The zero-order valence-corrected chi connectivity index (χ0v) is 12.9. The van der Waals surface area contributed by atoms with Crippen molar-refractivity contribution < 1.29 is 0 Å². The molecule has 2 aromatic rings. The zero-order valence-electron chi connectivity index (χ0n) is 12.1. The Bertz CT molecular complexity index is 564. The maximum absolute atomic E-state index is 5.75. The van der Waals surface area contributed by atoms with Gasteiger partial charge in [0.15, 0.2) is 0 Å². The van der Waals surface area contributed by atoms with Crippen LogP contribution >= 0.6 is 11.3 Å². The van der Waals surface area contributed by atoms with Gasteiger partial charge in [-0.05, 0) is 32.9 Å². The van der Waals surface area contributed by atoms with Gasteiger partial charge in [-0.25, -0.2) is 0 Å². The molecule has 0 aliphatic rings. The third-order valence-electron chi connectivity index (χ3n) is 2.90. The molecule has 108 valence electrons. The van der Waals surface area contributed by atoms with Crippen molar-refractivity contribution in [3.8, 4) is 0 Å². The second-order valence-corrected chi connectivity index (χ2v) is 5.73. The van der Waals surface area contributed by atoms with Crippen molar-refractivity contribution in [3.63, 3.8) is 0 Å². The van der Waals surface area contributed by atoms with Gasteiger partial charge in [-0.2, -0.15) is 15.0 Å². The Labute approximate surface area is 123 Å². The first-order valence-corrected chi connectivity index (χ1v) is 7.49. The van der Waals surface area contributed by atoms with Crippen molar-refractivity contribution in [2.24, 2.45) is 0 Å². The maximum atomic E-state index is 5.75. The molecule has 0 unspecified atom stereocenters. The van der Waals surface area contributed by atoms with Gasteiger partial charge in [0.1, 0.15) is 0 Å². The lowest BCUT2D eigenvalue weighted by Gasteiger charge is -2.18. The van der Waals surface area contributed by atoms with Crippen molar-refractivity contribution in [2.75, 3.05) is 29.0 Å². The third kappa shape index (κ3) is 3.57. The summed E-state index contributed by atoms with van der Waals surface area (Å²) in [6.45, 7) is 8.58. The molecule has 20 heavy (non-hydrogen) atoms. The number of hydrogen-bond donors (Lipinski definition) is 2. The molecular formula is C13H20N6S. The summed E-state index contributed by atoms with van der Waals surface area (Å²) in [5.41, 5.74) is 5.75. The third-order valence-corrected chi connectivity index (χ3v) is 3.90.